The summed E-state index contributed by atoms with van der Waals surface area (Å²) in [5.74, 6) is 0.588. The highest BCUT2D eigenvalue weighted by atomic mass is 16.6. The first-order valence-electron chi connectivity index (χ1n) is 6.28. The Morgan fingerprint density at radius 3 is 2.79 bits per heavy atom. The van der Waals surface area contributed by atoms with Crippen molar-refractivity contribution in [2.75, 3.05) is 31.7 Å². The van der Waals surface area contributed by atoms with Gasteiger partial charge in [-0.25, -0.2) is 0 Å². The number of ether oxygens (including phenoxy) is 2. The van der Waals surface area contributed by atoms with Gasteiger partial charge in [0.15, 0.2) is 0 Å². The molecule has 0 saturated heterocycles. The lowest BCUT2D eigenvalue weighted by atomic mass is 10.4. The van der Waals surface area contributed by atoms with Gasteiger partial charge in [0, 0.05) is 19.2 Å². The molecule has 0 aliphatic rings. The molecule has 0 amide bonds. The minimum absolute atomic E-state index is 0.0193. The fraction of sp³-hybridized carbons (Fsp3) is 0.583. The van der Waals surface area contributed by atoms with Gasteiger partial charge in [-0.15, -0.1) is 0 Å². The van der Waals surface area contributed by atoms with Crippen molar-refractivity contribution in [3.63, 3.8) is 0 Å². The number of nitro groups is 1. The predicted molar refractivity (Wildman–Crippen MR) is 71.7 cm³/mol. The molecule has 0 saturated carbocycles. The summed E-state index contributed by atoms with van der Waals surface area (Å²) >= 11 is 0. The van der Waals surface area contributed by atoms with Crippen LogP contribution in [0.4, 0.5) is 11.5 Å². The molecular formula is C12H19N3O4. The van der Waals surface area contributed by atoms with Crippen LogP contribution < -0.4 is 10.1 Å². The Morgan fingerprint density at radius 2 is 2.16 bits per heavy atom. The van der Waals surface area contributed by atoms with Crippen LogP contribution in [0.5, 0.6) is 5.88 Å². The van der Waals surface area contributed by atoms with Crippen LogP contribution in [0.3, 0.4) is 0 Å². The average Bonchev–Trinajstić information content (AvgIpc) is 2.41. The third kappa shape index (κ3) is 5.09. The molecule has 7 heteroatoms. The van der Waals surface area contributed by atoms with Crippen molar-refractivity contribution < 1.29 is 14.4 Å². The highest BCUT2D eigenvalue weighted by molar-refractivity contribution is 5.49. The minimum atomic E-state index is -0.507. The van der Waals surface area contributed by atoms with Crippen molar-refractivity contribution >= 4 is 11.5 Å². The van der Waals surface area contributed by atoms with Crippen LogP contribution in [0.1, 0.15) is 20.3 Å². The van der Waals surface area contributed by atoms with E-state index in [-0.39, 0.29) is 18.2 Å². The fourth-order valence-corrected chi connectivity index (χ4v) is 1.37. The van der Waals surface area contributed by atoms with E-state index < -0.39 is 4.92 Å². The molecule has 0 unspecified atom stereocenters. The topological polar surface area (TPSA) is 86.5 Å². The quantitative estimate of drug-likeness (QED) is 0.420. The molecule has 0 aromatic carbocycles. The van der Waals surface area contributed by atoms with Gasteiger partial charge in [-0.1, -0.05) is 6.92 Å². The van der Waals surface area contributed by atoms with Gasteiger partial charge in [-0.2, -0.15) is 4.98 Å². The molecule has 1 aromatic rings. The zero-order chi connectivity index (χ0) is 14.1. The average molecular weight is 269 g/mol. The van der Waals surface area contributed by atoms with E-state index in [1.54, 1.807) is 6.07 Å². The lowest BCUT2D eigenvalue weighted by Gasteiger charge is -2.08. The zero-order valence-corrected chi connectivity index (χ0v) is 11.2. The molecule has 0 aliphatic heterocycles. The highest BCUT2D eigenvalue weighted by Gasteiger charge is 2.17. The summed E-state index contributed by atoms with van der Waals surface area (Å²) in [5, 5.41) is 13.9. The SMILES string of the molecule is CCCNc1ccc([N+](=O)[O-])c(OCCOCC)n1. The number of nitrogens with one attached hydrogen (secondary N) is 1. The Morgan fingerprint density at radius 1 is 1.37 bits per heavy atom. The molecule has 1 N–H and O–H groups in total. The number of nitrogens with zero attached hydrogens (tertiary/aromatic N) is 2. The van der Waals surface area contributed by atoms with Gasteiger partial charge in [-0.3, -0.25) is 10.1 Å². The Balaban J connectivity index is 2.74. The van der Waals surface area contributed by atoms with Gasteiger partial charge in [-0.05, 0) is 19.4 Å². The maximum Gasteiger partial charge on any atom is 0.331 e. The van der Waals surface area contributed by atoms with Crippen molar-refractivity contribution in [3.05, 3.63) is 22.2 Å². The van der Waals surface area contributed by atoms with Crippen LogP contribution in [0, 0.1) is 10.1 Å². The summed E-state index contributed by atoms with van der Waals surface area (Å²) < 4.78 is 10.4. The normalized spacial score (nSPS) is 10.2. The molecular weight excluding hydrogens is 250 g/mol. The van der Waals surface area contributed by atoms with Gasteiger partial charge in [0.25, 0.3) is 5.88 Å². The van der Waals surface area contributed by atoms with E-state index in [1.807, 2.05) is 13.8 Å². The number of hydrogen-bond donors (Lipinski definition) is 1. The summed E-state index contributed by atoms with van der Waals surface area (Å²) in [6.07, 6.45) is 0.944. The second kappa shape index (κ2) is 8.25. The van der Waals surface area contributed by atoms with Gasteiger partial charge in [0.05, 0.1) is 11.5 Å². The minimum Gasteiger partial charge on any atom is -0.470 e. The maximum absolute atomic E-state index is 10.9. The Kier molecular flexibility index (Phi) is 6.59. The molecule has 1 rings (SSSR count). The van der Waals surface area contributed by atoms with E-state index in [0.29, 0.717) is 19.0 Å². The van der Waals surface area contributed by atoms with Crippen LogP contribution >= 0.6 is 0 Å². The third-order valence-electron chi connectivity index (χ3n) is 2.26. The lowest BCUT2D eigenvalue weighted by molar-refractivity contribution is -0.386. The van der Waals surface area contributed by atoms with E-state index in [0.717, 1.165) is 13.0 Å². The number of anilines is 1. The number of pyridine rings is 1. The highest BCUT2D eigenvalue weighted by Crippen LogP contribution is 2.26. The van der Waals surface area contributed by atoms with Crippen LogP contribution in [0.25, 0.3) is 0 Å². The monoisotopic (exact) mass is 269 g/mol. The Labute approximate surface area is 112 Å². The molecule has 0 radical (unpaired) electrons. The Bertz CT molecular complexity index is 412. The van der Waals surface area contributed by atoms with Gasteiger partial charge < -0.3 is 14.8 Å². The van der Waals surface area contributed by atoms with Crippen molar-refractivity contribution in [1.29, 1.82) is 0 Å². The number of aromatic nitrogens is 1. The number of hydrogen-bond acceptors (Lipinski definition) is 6. The molecule has 1 heterocycles. The summed E-state index contributed by atoms with van der Waals surface area (Å²) in [6, 6.07) is 2.96. The van der Waals surface area contributed by atoms with E-state index in [1.165, 1.54) is 6.07 Å². The first kappa shape index (κ1) is 15.2. The first-order chi connectivity index (χ1) is 9.19. The summed E-state index contributed by atoms with van der Waals surface area (Å²) in [6.45, 7) is 5.84. The largest absolute Gasteiger partial charge is 0.470 e. The van der Waals surface area contributed by atoms with Crippen LogP contribution in [0.2, 0.25) is 0 Å². The van der Waals surface area contributed by atoms with E-state index in [4.69, 9.17) is 9.47 Å². The predicted octanol–water partition coefficient (Wildman–Crippen LogP) is 2.23. The summed E-state index contributed by atoms with van der Waals surface area (Å²) in [4.78, 5) is 14.5. The second-order valence-electron chi connectivity index (χ2n) is 3.75. The summed E-state index contributed by atoms with van der Waals surface area (Å²) in [7, 11) is 0. The molecule has 1 aromatic heterocycles. The third-order valence-corrected chi connectivity index (χ3v) is 2.26. The first-order valence-corrected chi connectivity index (χ1v) is 6.28. The molecule has 0 fully saturated rings. The van der Waals surface area contributed by atoms with E-state index >= 15 is 0 Å². The molecule has 19 heavy (non-hydrogen) atoms. The molecule has 0 aliphatic carbocycles. The smallest absolute Gasteiger partial charge is 0.331 e. The number of rotatable bonds is 9. The van der Waals surface area contributed by atoms with Crippen molar-refractivity contribution in [2.24, 2.45) is 0 Å². The molecule has 0 bridgehead atoms. The lowest BCUT2D eigenvalue weighted by Crippen LogP contribution is -2.10. The standard InChI is InChI=1S/C12H19N3O4/c1-3-7-13-11-6-5-10(15(16)17)12(14-11)19-9-8-18-4-2/h5-6H,3-4,7-9H2,1-2H3,(H,13,14). The van der Waals surface area contributed by atoms with Gasteiger partial charge in [0.2, 0.25) is 0 Å². The molecule has 0 spiro atoms. The van der Waals surface area contributed by atoms with Crippen LogP contribution in [-0.4, -0.2) is 36.3 Å². The Hall–Kier alpha value is -1.89. The van der Waals surface area contributed by atoms with E-state index in [2.05, 4.69) is 10.3 Å². The van der Waals surface area contributed by atoms with Crippen molar-refractivity contribution in [3.8, 4) is 5.88 Å². The van der Waals surface area contributed by atoms with Gasteiger partial charge in [0.1, 0.15) is 12.4 Å². The maximum atomic E-state index is 10.9. The van der Waals surface area contributed by atoms with Crippen molar-refractivity contribution in [2.45, 2.75) is 20.3 Å². The van der Waals surface area contributed by atoms with Crippen LogP contribution in [0.15, 0.2) is 12.1 Å². The van der Waals surface area contributed by atoms with Gasteiger partial charge >= 0.3 is 5.69 Å². The fourth-order valence-electron chi connectivity index (χ4n) is 1.37. The van der Waals surface area contributed by atoms with E-state index in [9.17, 15) is 10.1 Å². The zero-order valence-electron chi connectivity index (χ0n) is 11.2. The molecule has 7 nitrogen and oxygen atoms in total. The van der Waals surface area contributed by atoms with Crippen LogP contribution in [-0.2, 0) is 4.74 Å². The second-order valence-corrected chi connectivity index (χ2v) is 3.75. The summed E-state index contributed by atoms with van der Waals surface area (Å²) in [5.41, 5.74) is -0.140. The molecule has 0 atom stereocenters. The molecule has 106 valence electrons. The van der Waals surface area contributed by atoms with Crippen molar-refractivity contribution in [1.82, 2.24) is 4.98 Å².